The van der Waals surface area contributed by atoms with E-state index < -0.39 is 11.1 Å². The molecule has 1 atom stereocenters. The molecule has 0 aliphatic carbocycles. The molecule has 10 heteroatoms. The van der Waals surface area contributed by atoms with Gasteiger partial charge in [0.15, 0.2) is 0 Å². The predicted molar refractivity (Wildman–Crippen MR) is 101 cm³/mol. The molecular weight excluding hydrogens is 397 g/mol. The Balaban J connectivity index is 1.59. The fourth-order valence-electron chi connectivity index (χ4n) is 2.84. The zero-order chi connectivity index (χ0) is 20.4. The maximum atomic E-state index is 13.2. The van der Waals surface area contributed by atoms with Gasteiger partial charge in [0.05, 0.1) is 29.2 Å². The van der Waals surface area contributed by atoms with Gasteiger partial charge >= 0.3 is 0 Å². The van der Waals surface area contributed by atoms with Crippen molar-refractivity contribution in [3.63, 3.8) is 0 Å². The van der Waals surface area contributed by atoms with Gasteiger partial charge in [0.1, 0.15) is 10.8 Å². The molecule has 1 N–H and O–H groups in total. The van der Waals surface area contributed by atoms with Gasteiger partial charge < -0.3 is 9.87 Å². The molecule has 1 aromatic carbocycles. The van der Waals surface area contributed by atoms with Crippen LogP contribution in [-0.4, -0.2) is 34.4 Å². The second-order valence-electron chi connectivity index (χ2n) is 6.07. The number of nitrogens with zero attached hydrogens (tertiary/aromatic N) is 4. The van der Waals surface area contributed by atoms with Gasteiger partial charge in [-0.25, -0.2) is 14.1 Å². The monoisotopic (exact) mass is 410 g/mol. The summed E-state index contributed by atoms with van der Waals surface area (Å²) in [4.78, 5) is 20.5. The number of carbonyl (C=O) groups excluding carboxylic acids is 1. The zero-order valence-electron chi connectivity index (χ0n) is 14.8. The fourth-order valence-corrected chi connectivity index (χ4v) is 3.23. The predicted octanol–water partition coefficient (Wildman–Crippen LogP) is 2.12. The van der Waals surface area contributed by atoms with Crippen molar-refractivity contribution in [1.82, 2.24) is 25.1 Å². The molecule has 0 saturated heterocycles. The van der Waals surface area contributed by atoms with Crippen LogP contribution in [0.15, 0.2) is 66.2 Å². The lowest BCUT2D eigenvalue weighted by molar-refractivity contribution is 0.0952. The number of amides is 1. The van der Waals surface area contributed by atoms with Gasteiger partial charge in [-0.1, -0.05) is 0 Å². The van der Waals surface area contributed by atoms with E-state index in [1.54, 1.807) is 35.3 Å². The topological polar surface area (TPSA) is 113 Å². The quantitative estimate of drug-likeness (QED) is 0.504. The third-order valence-corrected chi connectivity index (χ3v) is 4.80. The highest BCUT2D eigenvalue weighted by Gasteiger charge is 2.15. The summed E-state index contributed by atoms with van der Waals surface area (Å²) in [7, 11) is 0. The molecule has 0 aliphatic rings. The molecule has 0 saturated carbocycles. The van der Waals surface area contributed by atoms with Crippen molar-refractivity contribution in [1.29, 1.82) is 0 Å². The lowest BCUT2D eigenvalue weighted by Gasteiger charge is -2.09. The molecule has 0 fully saturated rings. The lowest BCUT2D eigenvalue weighted by atomic mass is 10.1. The first-order valence-corrected chi connectivity index (χ1v) is 9.50. The molecule has 0 radical (unpaired) electrons. The first kappa shape index (κ1) is 18.8. The van der Waals surface area contributed by atoms with Crippen LogP contribution in [0.25, 0.3) is 16.6 Å². The summed E-state index contributed by atoms with van der Waals surface area (Å²) in [6, 6.07) is 8.80. The third-order valence-electron chi connectivity index (χ3n) is 4.24. The van der Waals surface area contributed by atoms with Crippen LogP contribution in [0.1, 0.15) is 15.9 Å². The van der Waals surface area contributed by atoms with Gasteiger partial charge in [0, 0.05) is 24.3 Å². The SMILES string of the molecule is O=C(NCc1ccnc(S(=O)[O-])c1)c1cncc2c1cnn2-c1ccc(F)cc1. The van der Waals surface area contributed by atoms with Crippen molar-refractivity contribution in [3.05, 3.63) is 78.1 Å². The number of aromatic nitrogens is 4. The molecule has 3 heterocycles. The average Bonchev–Trinajstić information content (AvgIpc) is 3.17. The van der Waals surface area contributed by atoms with Crippen molar-refractivity contribution >= 4 is 27.9 Å². The number of rotatable bonds is 5. The Morgan fingerprint density at radius 1 is 1.17 bits per heavy atom. The van der Waals surface area contributed by atoms with E-state index in [2.05, 4.69) is 20.4 Å². The van der Waals surface area contributed by atoms with E-state index in [1.165, 1.54) is 30.6 Å². The molecule has 1 amide bonds. The highest BCUT2D eigenvalue weighted by atomic mass is 32.2. The standard InChI is InChI=1S/C19H14FN5O3S/c20-13-1-3-14(4-2-13)25-17-11-21-9-16(15(17)10-24-25)19(26)23-8-12-5-6-22-18(7-12)29(27)28/h1-7,9-11H,8H2,(H,23,26)(H,27,28)/p-1. The first-order chi connectivity index (χ1) is 14.0. The van der Waals surface area contributed by atoms with Crippen molar-refractivity contribution in [2.24, 2.45) is 0 Å². The second kappa shape index (κ2) is 7.86. The van der Waals surface area contributed by atoms with Crippen LogP contribution in [-0.2, 0) is 17.6 Å². The summed E-state index contributed by atoms with van der Waals surface area (Å²) in [6.45, 7) is 0.119. The summed E-state index contributed by atoms with van der Waals surface area (Å²) in [6.07, 6.45) is 5.90. The van der Waals surface area contributed by atoms with Crippen LogP contribution < -0.4 is 5.32 Å². The first-order valence-electron chi connectivity index (χ1n) is 8.43. The molecular formula is C19H13FN5O3S-. The van der Waals surface area contributed by atoms with E-state index in [0.29, 0.717) is 27.7 Å². The molecule has 29 heavy (non-hydrogen) atoms. The van der Waals surface area contributed by atoms with Crippen LogP contribution in [0, 0.1) is 5.82 Å². The number of carbonyl (C=O) groups is 1. The van der Waals surface area contributed by atoms with Crippen LogP contribution in [0.4, 0.5) is 4.39 Å². The highest BCUT2D eigenvalue weighted by molar-refractivity contribution is 7.79. The summed E-state index contributed by atoms with van der Waals surface area (Å²) in [5.74, 6) is -0.744. The number of hydrogen-bond donors (Lipinski definition) is 1. The Hall–Kier alpha value is -3.50. The summed E-state index contributed by atoms with van der Waals surface area (Å²) >= 11 is -2.44. The van der Waals surface area contributed by atoms with Gasteiger partial charge in [-0.3, -0.25) is 14.0 Å². The minimum Gasteiger partial charge on any atom is -0.767 e. The van der Waals surface area contributed by atoms with Gasteiger partial charge in [0.2, 0.25) is 0 Å². The molecule has 0 bridgehead atoms. The maximum absolute atomic E-state index is 13.2. The average molecular weight is 410 g/mol. The zero-order valence-corrected chi connectivity index (χ0v) is 15.6. The molecule has 4 rings (SSSR count). The minimum atomic E-state index is -2.44. The van der Waals surface area contributed by atoms with Crippen LogP contribution in [0.5, 0.6) is 0 Å². The molecule has 4 aromatic rings. The molecule has 0 spiro atoms. The third kappa shape index (κ3) is 3.89. The van der Waals surface area contributed by atoms with E-state index in [-0.39, 0.29) is 23.3 Å². The number of halogens is 1. The smallest absolute Gasteiger partial charge is 0.253 e. The molecule has 8 nitrogen and oxygen atoms in total. The highest BCUT2D eigenvalue weighted by Crippen LogP contribution is 2.21. The second-order valence-corrected chi connectivity index (χ2v) is 6.96. The van der Waals surface area contributed by atoms with E-state index in [4.69, 9.17) is 0 Å². The summed E-state index contributed by atoms with van der Waals surface area (Å²) in [5.41, 5.74) is 2.14. The number of fused-ring (bicyclic) bond motifs is 1. The Morgan fingerprint density at radius 2 is 1.97 bits per heavy atom. The number of pyridine rings is 2. The van der Waals surface area contributed by atoms with E-state index >= 15 is 0 Å². The van der Waals surface area contributed by atoms with E-state index in [0.717, 1.165) is 0 Å². The largest absolute Gasteiger partial charge is 0.767 e. The Morgan fingerprint density at radius 3 is 2.72 bits per heavy atom. The Bertz CT molecular complexity index is 1230. The number of nitrogens with one attached hydrogen (secondary N) is 1. The van der Waals surface area contributed by atoms with Crippen molar-refractivity contribution < 1.29 is 17.9 Å². The minimum absolute atomic E-state index is 0.0962. The van der Waals surface area contributed by atoms with Gasteiger partial charge in [-0.15, -0.1) is 0 Å². The van der Waals surface area contributed by atoms with E-state index in [9.17, 15) is 17.9 Å². The molecule has 3 aromatic heterocycles. The Kier molecular flexibility index (Phi) is 5.10. The normalized spacial score (nSPS) is 12.1. The van der Waals surface area contributed by atoms with E-state index in [1.807, 2.05) is 0 Å². The van der Waals surface area contributed by atoms with Crippen LogP contribution in [0.2, 0.25) is 0 Å². The van der Waals surface area contributed by atoms with Crippen LogP contribution >= 0.6 is 0 Å². The lowest BCUT2D eigenvalue weighted by Crippen LogP contribution is -2.23. The van der Waals surface area contributed by atoms with Gasteiger partial charge in [0.25, 0.3) is 5.91 Å². The van der Waals surface area contributed by atoms with Crippen molar-refractivity contribution in [2.75, 3.05) is 0 Å². The van der Waals surface area contributed by atoms with Gasteiger partial charge in [-0.2, -0.15) is 5.10 Å². The number of hydrogen-bond acceptors (Lipinski definition) is 6. The molecule has 146 valence electrons. The summed E-state index contributed by atoms with van der Waals surface area (Å²) in [5, 5.41) is 7.51. The molecule has 1 unspecified atom stereocenters. The van der Waals surface area contributed by atoms with Crippen molar-refractivity contribution in [2.45, 2.75) is 11.6 Å². The maximum Gasteiger partial charge on any atom is 0.253 e. The van der Waals surface area contributed by atoms with Crippen LogP contribution in [0.3, 0.4) is 0 Å². The van der Waals surface area contributed by atoms with Crippen molar-refractivity contribution in [3.8, 4) is 5.69 Å². The van der Waals surface area contributed by atoms with Gasteiger partial charge in [-0.05, 0) is 53.0 Å². The Labute approximate surface area is 166 Å². The fraction of sp³-hybridized carbons (Fsp3) is 0.0526. The number of benzene rings is 1. The summed E-state index contributed by atoms with van der Waals surface area (Å²) < 4.78 is 36.8. The molecule has 0 aliphatic heterocycles.